The second kappa shape index (κ2) is 7.70. The Hall–Kier alpha value is -3.02. The third-order valence-electron chi connectivity index (χ3n) is 4.86. The summed E-state index contributed by atoms with van der Waals surface area (Å²) in [6.45, 7) is 4.61. The maximum Gasteiger partial charge on any atom is 0.254 e. The Balaban J connectivity index is 1.82. The van der Waals surface area contributed by atoms with Crippen LogP contribution in [0.25, 0.3) is 0 Å². The van der Waals surface area contributed by atoms with Crippen molar-refractivity contribution >= 4 is 17.5 Å². The van der Waals surface area contributed by atoms with Gasteiger partial charge in [-0.3, -0.25) is 9.59 Å². The number of rotatable bonds is 4. The average molecular weight is 368 g/mol. The smallest absolute Gasteiger partial charge is 0.254 e. The predicted molar refractivity (Wildman–Crippen MR) is 104 cm³/mol. The third kappa shape index (κ3) is 3.74. The molecule has 1 aliphatic heterocycles. The van der Waals surface area contributed by atoms with Gasteiger partial charge in [0.15, 0.2) is 0 Å². The highest BCUT2D eigenvalue weighted by Gasteiger charge is 2.35. The molecule has 1 atom stereocenters. The molecule has 1 fully saturated rings. The lowest BCUT2D eigenvalue weighted by atomic mass is 10.1. The number of amides is 2. The number of aryl methyl sites for hydroxylation is 1. The van der Waals surface area contributed by atoms with Crippen molar-refractivity contribution in [2.45, 2.75) is 19.9 Å². The fraction of sp³-hybridized carbons (Fsp3) is 0.333. The zero-order valence-electron chi connectivity index (χ0n) is 16.1. The zero-order valence-corrected chi connectivity index (χ0v) is 16.1. The highest BCUT2D eigenvalue weighted by Crippen LogP contribution is 2.30. The molecule has 27 heavy (non-hydrogen) atoms. The Bertz CT molecular complexity index is 826. The fourth-order valence-corrected chi connectivity index (χ4v) is 3.21. The molecule has 0 spiro atoms. The highest BCUT2D eigenvalue weighted by molar-refractivity contribution is 6.03. The minimum Gasteiger partial charge on any atom is -0.497 e. The van der Waals surface area contributed by atoms with Crippen LogP contribution in [0.5, 0.6) is 11.5 Å². The number of piperazine rings is 1. The summed E-state index contributed by atoms with van der Waals surface area (Å²) in [6, 6.07) is 12.2. The number of hydrogen-bond donors (Lipinski definition) is 0. The zero-order chi connectivity index (χ0) is 19.6. The molecule has 0 bridgehead atoms. The van der Waals surface area contributed by atoms with Crippen LogP contribution in [0, 0.1) is 6.92 Å². The quantitative estimate of drug-likeness (QED) is 0.833. The van der Waals surface area contributed by atoms with Crippen LogP contribution in [0.2, 0.25) is 0 Å². The number of ether oxygens (including phenoxy) is 2. The summed E-state index contributed by atoms with van der Waals surface area (Å²) < 4.78 is 10.6. The Morgan fingerprint density at radius 1 is 1.00 bits per heavy atom. The number of hydrogen-bond acceptors (Lipinski definition) is 4. The molecule has 1 heterocycles. The molecule has 0 aliphatic carbocycles. The number of methoxy groups -OCH3 is 2. The Kier molecular flexibility index (Phi) is 5.35. The van der Waals surface area contributed by atoms with Gasteiger partial charge in [-0.25, -0.2) is 0 Å². The lowest BCUT2D eigenvalue weighted by Gasteiger charge is -2.39. The second-order valence-corrected chi connectivity index (χ2v) is 6.60. The largest absolute Gasteiger partial charge is 0.497 e. The van der Waals surface area contributed by atoms with Crippen molar-refractivity contribution in [1.82, 2.24) is 4.90 Å². The number of carbonyl (C=O) groups is 2. The molecule has 0 radical (unpaired) electrons. The van der Waals surface area contributed by atoms with E-state index in [4.69, 9.17) is 9.47 Å². The van der Waals surface area contributed by atoms with Crippen molar-refractivity contribution in [3.8, 4) is 11.5 Å². The van der Waals surface area contributed by atoms with E-state index in [2.05, 4.69) is 0 Å². The van der Waals surface area contributed by atoms with Gasteiger partial charge in [-0.2, -0.15) is 0 Å². The van der Waals surface area contributed by atoms with Crippen molar-refractivity contribution in [3.05, 3.63) is 53.6 Å². The van der Waals surface area contributed by atoms with E-state index >= 15 is 0 Å². The topological polar surface area (TPSA) is 59.1 Å². The lowest BCUT2D eigenvalue weighted by molar-refractivity contribution is -0.124. The summed E-state index contributed by atoms with van der Waals surface area (Å²) in [5, 5.41) is 0. The molecule has 0 N–H and O–H groups in total. The third-order valence-corrected chi connectivity index (χ3v) is 4.86. The first kappa shape index (κ1) is 18.8. The predicted octanol–water partition coefficient (Wildman–Crippen LogP) is 2.89. The Morgan fingerprint density at radius 3 is 2.15 bits per heavy atom. The van der Waals surface area contributed by atoms with E-state index in [0.717, 1.165) is 5.56 Å². The molecular formula is C21H24N2O4. The summed E-state index contributed by atoms with van der Waals surface area (Å²) in [5.74, 6) is 0.974. The fourth-order valence-electron chi connectivity index (χ4n) is 3.21. The van der Waals surface area contributed by atoms with Crippen molar-refractivity contribution < 1.29 is 19.1 Å². The van der Waals surface area contributed by atoms with Crippen molar-refractivity contribution in [2.24, 2.45) is 0 Å². The van der Waals surface area contributed by atoms with E-state index in [-0.39, 0.29) is 11.8 Å². The molecule has 6 heteroatoms. The molecule has 2 amide bonds. The molecule has 2 aromatic rings. The van der Waals surface area contributed by atoms with Crippen LogP contribution in [-0.2, 0) is 4.79 Å². The SMILES string of the molecule is COc1cc(OC)cc(N2CCN(C(=O)c3ccc(C)cc3)[C@@H](C)C2=O)c1. The van der Waals surface area contributed by atoms with Gasteiger partial charge in [0.1, 0.15) is 17.5 Å². The van der Waals surface area contributed by atoms with E-state index in [0.29, 0.717) is 35.8 Å². The summed E-state index contributed by atoms with van der Waals surface area (Å²) in [6.07, 6.45) is 0. The second-order valence-electron chi connectivity index (χ2n) is 6.60. The number of nitrogens with zero attached hydrogens (tertiary/aromatic N) is 2. The van der Waals surface area contributed by atoms with Crippen LogP contribution < -0.4 is 14.4 Å². The Morgan fingerprint density at radius 2 is 1.59 bits per heavy atom. The van der Waals surface area contributed by atoms with Gasteiger partial charge in [-0.05, 0) is 26.0 Å². The molecule has 0 saturated carbocycles. The standard InChI is InChI=1S/C21H24N2O4/c1-14-5-7-16(8-6-14)21(25)22-9-10-23(20(24)15(22)2)17-11-18(26-3)13-19(12-17)27-4/h5-8,11-13,15H,9-10H2,1-4H3/t15-/m0/s1. The van der Waals surface area contributed by atoms with Crippen LogP contribution >= 0.6 is 0 Å². The molecule has 0 aromatic heterocycles. The molecule has 1 saturated heterocycles. The van der Waals surface area contributed by atoms with Gasteiger partial charge >= 0.3 is 0 Å². The summed E-state index contributed by atoms with van der Waals surface area (Å²) in [5.41, 5.74) is 2.38. The average Bonchev–Trinajstić information content (AvgIpc) is 2.69. The normalized spacial score (nSPS) is 17.0. The summed E-state index contributed by atoms with van der Waals surface area (Å²) in [7, 11) is 3.14. The summed E-state index contributed by atoms with van der Waals surface area (Å²) in [4.78, 5) is 29.1. The van der Waals surface area contributed by atoms with Gasteiger partial charge in [0.25, 0.3) is 5.91 Å². The number of anilines is 1. The van der Waals surface area contributed by atoms with Crippen LogP contribution in [0.3, 0.4) is 0 Å². The van der Waals surface area contributed by atoms with Crippen molar-refractivity contribution in [2.75, 3.05) is 32.2 Å². The van der Waals surface area contributed by atoms with Crippen LogP contribution in [0.15, 0.2) is 42.5 Å². The highest BCUT2D eigenvalue weighted by atomic mass is 16.5. The molecule has 0 unspecified atom stereocenters. The van der Waals surface area contributed by atoms with Gasteiger partial charge < -0.3 is 19.3 Å². The maximum absolute atomic E-state index is 13.0. The van der Waals surface area contributed by atoms with Crippen molar-refractivity contribution in [1.29, 1.82) is 0 Å². The van der Waals surface area contributed by atoms with Gasteiger partial charge in [0.2, 0.25) is 5.91 Å². The van der Waals surface area contributed by atoms with Gasteiger partial charge in [0.05, 0.1) is 19.9 Å². The molecule has 1 aliphatic rings. The monoisotopic (exact) mass is 368 g/mol. The minimum absolute atomic E-state index is 0.126. The van der Waals surface area contributed by atoms with Crippen LogP contribution in [0.4, 0.5) is 5.69 Å². The molecule has 6 nitrogen and oxygen atoms in total. The first-order valence-corrected chi connectivity index (χ1v) is 8.86. The van der Waals surface area contributed by atoms with Crippen molar-refractivity contribution in [3.63, 3.8) is 0 Å². The molecule has 3 rings (SSSR count). The van der Waals surface area contributed by atoms with E-state index in [1.807, 2.05) is 19.1 Å². The van der Waals surface area contributed by atoms with E-state index in [9.17, 15) is 9.59 Å². The number of carbonyl (C=O) groups excluding carboxylic acids is 2. The number of benzene rings is 2. The van der Waals surface area contributed by atoms with Crippen LogP contribution in [-0.4, -0.2) is 50.1 Å². The lowest BCUT2D eigenvalue weighted by Crippen LogP contribution is -2.57. The van der Waals surface area contributed by atoms with E-state index < -0.39 is 6.04 Å². The van der Waals surface area contributed by atoms with Gasteiger partial charge in [0, 0.05) is 36.9 Å². The molecular weight excluding hydrogens is 344 g/mol. The molecule has 142 valence electrons. The summed E-state index contributed by atoms with van der Waals surface area (Å²) >= 11 is 0. The van der Waals surface area contributed by atoms with E-state index in [1.165, 1.54) is 0 Å². The van der Waals surface area contributed by atoms with Crippen LogP contribution in [0.1, 0.15) is 22.8 Å². The molecule has 2 aromatic carbocycles. The first-order valence-electron chi connectivity index (χ1n) is 8.86. The maximum atomic E-state index is 13.0. The van der Waals surface area contributed by atoms with Gasteiger partial charge in [-0.1, -0.05) is 17.7 Å². The minimum atomic E-state index is -0.551. The van der Waals surface area contributed by atoms with E-state index in [1.54, 1.807) is 61.3 Å². The Labute approximate surface area is 159 Å². The van der Waals surface area contributed by atoms with Gasteiger partial charge in [-0.15, -0.1) is 0 Å². The first-order chi connectivity index (χ1) is 12.9.